The van der Waals surface area contributed by atoms with Gasteiger partial charge >= 0.3 is 0 Å². The average Bonchev–Trinajstić information content (AvgIpc) is 2.78. The molecule has 98 valence electrons. The highest BCUT2D eigenvalue weighted by Gasteiger charge is 2.42. The van der Waals surface area contributed by atoms with Crippen molar-refractivity contribution in [2.75, 3.05) is 17.6 Å². The molecule has 0 aromatic heterocycles. The van der Waals surface area contributed by atoms with Crippen LogP contribution in [0.1, 0.15) is 45.4 Å². The Bertz CT molecular complexity index is 277. The van der Waals surface area contributed by atoms with Gasteiger partial charge in [-0.15, -0.1) is 11.8 Å². The Morgan fingerprint density at radius 3 is 2.94 bits per heavy atom. The number of hydrogen-bond donors (Lipinski definition) is 0. The summed E-state index contributed by atoms with van der Waals surface area (Å²) in [6.45, 7) is 3.12. The standard InChI is InChI=1S/C13H22BrNOS/c1-13(7-4-10-17-13)12(16)15-9-3-2-5-11(15)6-8-14/h11H,2-10H2,1H3. The summed E-state index contributed by atoms with van der Waals surface area (Å²) in [5.74, 6) is 1.56. The topological polar surface area (TPSA) is 20.3 Å². The highest BCUT2D eigenvalue weighted by molar-refractivity contribution is 9.09. The van der Waals surface area contributed by atoms with Gasteiger partial charge in [-0.1, -0.05) is 15.9 Å². The first-order valence-electron chi connectivity index (χ1n) is 6.68. The number of amides is 1. The predicted molar refractivity (Wildman–Crippen MR) is 77.9 cm³/mol. The van der Waals surface area contributed by atoms with E-state index in [4.69, 9.17) is 0 Å². The first kappa shape index (κ1) is 13.7. The zero-order valence-corrected chi connectivity index (χ0v) is 13.0. The van der Waals surface area contributed by atoms with Gasteiger partial charge in [0, 0.05) is 17.9 Å². The SMILES string of the molecule is CC1(C(=O)N2CCCCC2CCBr)CCCS1. The van der Waals surface area contributed by atoms with Crippen LogP contribution in [0.15, 0.2) is 0 Å². The Kier molecular flexibility index (Phi) is 4.81. The van der Waals surface area contributed by atoms with Crippen molar-refractivity contribution in [2.45, 2.75) is 56.2 Å². The molecule has 0 radical (unpaired) electrons. The second-order valence-electron chi connectivity index (χ2n) is 5.31. The molecule has 2 unspecified atom stereocenters. The Labute approximate surface area is 117 Å². The molecule has 2 rings (SSSR count). The first-order valence-corrected chi connectivity index (χ1v) is 8.79. The molecule has 0 bridgehead atoms. The molecular formula is C13H22BrNOS. The van der Waals surface area contributed by atoms with Crippen molar-refractivity contribution < 1.29 is 4.79 Å². The molecule has 0 saturated carbocycles. The highest BCUT2D eigenvalue weighted by atomic mass is 79.9. The number of nitrogens with zero attached hydrogens (tertiary/aromatic N) is 1. The molecule has 0 aromatic rings. The quantitative estimate of drug-likeness (QED) is 0.743. The number of thioether (sulfide) groups is 1. The molecule has 2 atom stereocenters. The van der Waals surface area contributed by atoms with Gasteiger partial charge < -0.3 is 4.90 Å². The molecule has 0 aliphatic carbocycles. The van der Waals surface area contributed by atoms with Crippen molar-refractivity contribution in [1.82, 2.24) is 4.90 Å². The Morgan fingerprint density at radius 2 is 2.29 bits per heavy atom. The van der Waals surface area contributed by atoms with Crippen LogP contribution in [0.3, 0.4) is 0 Å². The summed E-state index contributed by atoms with van der Waals surface area (Å²) in [5.41, 5.74) is 0. The summed E-state index contributed by atoms with van der Waals surface area (Å²) in [4.78, 5) is 14.9. The smallest absolute Gasteiger partial charge is 0.238 e. The van der Waals surface area contributed by atoms with Gasteiger partial charge in [-0.2, -0.15) is 0 Å². The maximum Gasteiger partial charge on any atom is 0.238 e. The van der Waals surface area contributed by atoms with Crippen LogP contribution in [0.4, 0.5) is 0 Å². The summed E-state index contributed by atoms with van der Waals surface area (Å²) in [7, 11) is 0. The van der Waals surface area contributed by atoms with Gasteiger partial charge in [-0.25, -0.2) is 0 Å². The number of carbonyl (C=O) groups excluding carboxylic acids is 1. The molecular weight excluding hydrogens is 298 g/mol. The van der Waals surface area contributed by atoms with Crippen LogP contribution in [0, 0.1) is 0 Å². The lowest BCUT2D eigenvalue weighted by Crippen LogP contribution is -2.51. The molecule has 2 aliphatic rings. The van der Waals surface area contributed by atoms with E-state index < -0.39 is 0 Å². The number of halogens is 1. The summed E-state index contributed by atoms with van der Waals surface area (Å²) in [6, 6.07) is 0.480. The maximum atomic E-state index is 12.7. The zero-order valence-electron chi connectivity index (χ0n) is 10.6. The lowest BCUT2D eigenvalue weighted by atomic mass is 9.96. The molecule has 2 nitrogen and oxygen atoms in total. The van der Waals surface area contributed by atoms with Gasteiger partial charge in [0.15, 0.2) is 0 Å². The van der Waals surface area contributed by atoms with Crippen molar-refractivity contribution >= 4 is 33.6 Å². The van der Waals surface area contributed by atoms with Crippen LogP contribution >= 0.6 is 27.7 Å². The maximum absolute atomic E-state index is 12.7. The molecule has 0 aromatic carbocycles. The first-order chi connectivity index (χ1) is 8.17. The van der Waals surface area contributed by atoms with E-state index in [1.54, 1.807) is 0 Å². The average molecular weight is 320 g/mol. The van der Waals surface area contributed by atoms with E-state index in [1.165, 1.54) is 25.7 Å². The predicted octanol–water partition coefficient (Wildman–Crippen LogP) is 3.44. The number of alkyl halides is 1. The Hall–Kier alpha value is 0.300. The summed E-state index contributed by atoms with van der Waals surface area (Å²) < 4.78 is -0.123. The number of rotatable bonds is 3. The van der Waals surface area contributed by atoms with Crippen LogP contribution in [0.25, 0.3) is 0 Å². The highest BCUT2D eigenvalue weighted by Crippen LogP contribution is 2.40. The van der Waals surface area contributed by atoms with Gasteiger partial charge in [-0.05, 0) is 51.2 Å². The van der Waals surface area contributed by atoms with Crippen molar-refractivity contribution in [3.63, 3.8) is 0 Å². The van der Waals surface area contributed by atoms with Crippen LogP contribution < -0.4 is 0 Å². The molecule has 0 spiro atoms. The van der Waals surface area contributed by atoms with Gasteiger partial charge in [0.2, 0.25) is 5.91 Å². The van der Waals surface area contributed by atoms with Crippen molar-refractivity contribution in [3.05, 3.63) is 0 Å². The molecule has 2 aliphatic heterocycles. The number of likely N-dealkylation sites (tertiary alicyclic amines) is 1. The fourth-order valence-electron chi connectivity index (χ4n) is 2.95. The normalized spacial score (nSPS) is 34.0. The Balaban J connectivity index is 2.05. The Morgan fingerprint density at radius 1 is 1.47 bits per heavy atom. The van der Waals surface area contributed by atoms with E-state index in [0.717, 1.165) is 30.5 Å². The summed E-state index contributed by atoms with van der Waals surface area (Å²) in [6.07, 6.45) is 7.03. The lowest BCUT2D eigenvalue weighted by Gasteiger charge is -2.40. The molecule has 4 heteroatoms. The third kappa shape index (κ3) is 3.01. The van der Waals surface area contributed by atoms with Gasteiger partial charge in [0.1, 0.15) is 0 Å². The molecule has 0 N–H and O–H groups in total. The molecule has 1 amide bonds. The van der Waals surface area contributed by atoms with E-state index in [-0.39, 0.29) is 4.75 Å². The number of piperidine rings is 1. The van der Waals surface area contributed by atoms with Crippen LogP contribution in [0.5, 0.6) is 0 Å². The zero-order chi connectivity index (χ0) is 12.3. The second kappa shape index (κ2) is 5.96. The van der Waals surface area contributed by atoms with Crippen LogP contribution in [0.2, 0.25) is 0 Å². The number of hydrogen-bond acceptors (Lipinski definition) is 2. The third-order valence-electron chi connectivity index (χ3n) is 4.00. The van der Waals surface area contributed by atoms with Crippen LogP contribution in [-0.2, 0) is 4.79 Å². The monoisotopic (exact) mass is 319 g/mol. The summed E-state index contributed by atoms with van der Waals surface area (Å²) >= 11 is 5.38. The van der Waals surface area contributed by atoms with Crippen molar-refractivity contribution in [3.8, 4) is 0 Å². The van der Waals surface area contributed by atoms with Crippen molar-refractivity contribution in [1.29, 1.82) is 0 Å². The van der Waals surface area contributed by atoms with Gasteiger partial charge in [0.25, 0.3) is 0 Å². The second-order valence-corrected chi connectivity index (χ2v) is 7.70. The number of carbonyl (C=O) groups is 1. The fraction of sp³-hybridized carbons (Fsp3) is 0.923. The minimum atomic E-state index is -0.123. The summed E-state index contributed by atoms with van der Waals surface area (Å²) in [5, 5.41) is 1.01. The lowest BCUT2D eigenvalue weighted by molar-refractivity contribution is -0.137. The molecule has 2 heterocycles. The van der Waals surface area contributed by atoms with Gasteiger partial charge in [0.05, 0.1) is 4.75 Å². The minimum Gasteiger partial charge on any atom is -0.338 e. The largest absolute Gasteiger partial charge is 0.338 e. The third-order valence-corrected chi connectivity index (χ3v) is 5.97. The van der Waals surface area contributed by atoms with E-state index in [0.29, 0.717) is 11.9 Å². The van der Waals surface area contributed by atoms with E-state index in [2.05, 4.69) is 27.8 Å². The van der Waals surface area contributed by atoms with E-state index in [9.17, 15) is 4.79 Å². The fourth-order valence-corrected chi connectivity index (χ4v) is 4.74. The van der Waals surface area contributed by atoms with Crippen molar-refractivity contribution in [2.24, 2.45) is 0 Å². The van der Waals surface area contributed by atoms with E-state index >= 15 is 0 Å². The van der Waals surface area contributed by atoms with Gasteiger partial charge in [-0.3, -0.25) is 4.79 Å². The molecule has 2 fully saturated rings. The molecule has 17 heavy (non-hydrogen) atoms. The molecule has 2 saturated heterocycles. The van der Waals surface area contributed by atoms with E-state index in [1.807, 2.05) is 11.8 Å². The minimum absolute atomic E-state index is 0.123. The van der Waals surface area contributed by atoms with Crippen LogP contribution in [-0.4, -0.2) is 39.2 Å².